The maximum atomic E-state index is 13.4. The molecule has 0 spiro atoms. The molecule has 4 aromatic rings. The zero-order chi connectivity index (χ0) is 31.5. The normalized spacial score (nSPS) is 16.4. The van der Waals surface area contributed by atoms with Gasteiger partial charge in [-0.15, -0.1) is 0 Å². The van der Waals surface area contributed by atoms with Gasteiger partial charge in [0, 0.05) is 57.0 Å². The molecule has 1 N–H and O–H groups in total. The highest BCUT2D eigenvalue weighted by molar-refractivity contribution is 5.97. The molecule has 0 saturated carbocycles. The molecule has 1 fully saturated rings. The smallest absolute Gasteiger partial charge is 0.265 e. The number of carbonyl (C=O) groups excluding carboxylic acids is 2. The maximum Gasteiger partial charge on any atom is 0.265 e. The molecule has 0 radical (unpaired) electrons. The molecule has 10 nitrogen and oxygen atoms in total. The van der Waals surface area contributed by atoms with Crippen molar-refractivity contribution in [2.75, 3.05) is 39.5 Å². The van der Waals surface area contributed by atoms with Crippen molar-refractivity contribution in [3.8, 4) is 11.1 Å². The number of aliphatic imine (C=N–C) groups is 1. The number of likely N-dealkylation sites (N-methyl/N-ethyl adjacent to an activating group) is 2. The molecule has 1 aliphatic rings. The number of aryl methyl sites for hydroxylation is 1. The van der Waals surface area contributed by atoms with Gasteiger partial charge in [0.15, 0.2) is 0 Å². The van der Waals surface area contributed by atoms with E-state index in [0.29, 0.717) is 35.7 Å². The van der Waals surface area contributed by atoms with Crippen LogP contribution in [-0.4, -0.2) is 76.5 Å². The van der Waals surface area contributed by atoms with Crippen molar-refractivity contribution in [1.82, 2.24) is 24.1 Å². The highest BCUT2D eigenvalue weighted by Crippen LogP contribution is 2.30. The number of hydrogen-bond donors (Lipinski definition) is 1. The average Bonchev–Trinajstić information content (AvgIpc) is 3.00. The Kier molecular flexibility index (Phi) is 8.73. The van der Waals surface area contributed by atoms with Gasteiger partial charge in [-0.25, -0.2) is 9.98 Å². The average molecular weight is 592 g/mol. The van der Waals surface area contributed by atoms with Crippen LogP contribution in [0.3, 0.4) is 0 Å². The number of nitrogens with zero attached hydrogens (tertiary/aromatic N) is 6. The van der Waals surface area contributed by atoms with Gasteiger partial charge in [-0.2, -0.15) is 0 Å². The Morgan fingerprint density at radius 3 is 2.52 bits per heavy atom. The van der Waals surface area contributed by atoms with Crippen molar-refractivity contribution in [2.45, 2.75) is 26.8 Å². The van der Waals surface area contributed by atoms with Crippen molar-refractivity contribution < 1.29 is 9.59 Å². The summed E-state index contributed by atoms with van der Waals surface area (Å²) in [6.07, 6.45) is 5.71. The number of benzene rings is 2. The molecule has 3 heterocycles. The van der Waals surface area contributed by atoms with E-state index >= 15 is 0 Å². The highest BCUT2D eigenvalue weighted by atomic mass is 16.2. The van der Waals surface area contributed by atoms with Crippen LogP contribution in [0.4, 0.5) is 5.69 Å². The molecule has 0 aliphatic carbocycles. The lowest BCUT2D eigenvalue weighted by Gasteiger charge is -2.37. The molecule has 2 amide bonds. The van der Waals surface area contributed by atoms with Gasteiger partial charge in [-0.3, -0.25) is 23.7 Å². The molecule has 2 aromatic carbocycles. The Labute approximate surface area is 257 Å². The predicted molar refractivity (Wildman–Crippen MR) is 174 cm³/mol. The second-order valence-corrected chi connectivity index (χ2v) is 11.3. The van der Waals surface area contributed by atoms with Crippen molar-refractivity contribution >= 4 is 35.2 Å². The van der Waals surface area contributed by atoms with E-state index in [1.54, 1.807) is 34.9 Å². The van der Waals surface area contributed by atoms with Crippen LogP contribution in [0.5, 0.6) is 0 Å². The van der Waals surface area contributed by atoms with Crippen LogP contribution in [0.15, 0.2) is 83.0 Å². The van der Waals surface area contributed by atoms with Gasteiger partial charge < -0.3 is 15.1 Å². The van der Waals surface area contributed by atoms with Crippen molar-refractivity contribution in [1.29, 1.82) is 0 Å². The van der Waals surface area contributed by atoms with Crippen LogP contribution in [0.2, 0.25) is 0 Å². The standard InChI is InChI=1S/C34H37N7O3/c1-22-14-15-41-31(18-22)35-19-29(33(41)43)27-8-7-9-28(23(27)2)30(20-38(4)21-42)37-24(3)36-26-12-10-25(11-13-26)32-34(44)40(6)17-16-39(32)5/h7-15,18-21,32H,16-17H2,1-6H3,(H,36,37)/b30-20-. The SMILES string of the molecule is C/C(=N\C(=C/N(C)C=O)c1cccc(-c2cnc3cc(C)ccn3c2=O)c1C)Nc1ccc(C2C(=O)N(C)CCN2C)cc1. The number of carbonyl (C=O) groups is 2. The molecule has 2 aromatic heterocycles. The lowest BCUT2D eigenvalue weighted by molar-refractivity contribution is -0.139. The third-order valence-corrected chi connectivity index (χ3v) is 7.94. The number of amides is 2. The van der Waals surface area contributed by atoms with E-state index in [1.165, 1.54) is 4.90 Å². The number of fused-ring (bicyclic) bond motifs is 1. The number of aromatic nitrogens is 2. The Bertz CT molecular complexity index is 1840. The van der Waals surface area contributed by atoms with Gasteiger partial charge in [0.2, 0.25) is 12.3 Å². The Hall–Kier alpha value is -5.09. The second kappa shape index (κ2) is 12.6. The quantitative estimate of drug-likeness (QED) is 0.195. The monoisotopic (exact) mass is 591 g/mol. The van der Waals surface area contributed by atoms with Crippen molar-refractivity contribution in [2.24, 2.45) is 4.99 Å². The van der Waals surface area contributed by atoms with Crippen LogP contribution in [0.1, 0.15) is 35.2 Å². The molecule has 1 saturated heterocycles. The second-order valence-electron chi connectivity index (χ2n) is 11.3. The van der Waals surface area contributed by atoms with Gasteiger partial charge in [-0.1, -0.05) is 30.3 Å². The minimum atomic E-state index is -0.309. The zero-order valence-corrected chi connectivity index (χ0v) is 25.9. The lowest BCUT2D eigenvalue weighted by atomic mass is 9.96. The first-order valence-electron chi connectivity index (χ1n) is 14.4. The molecule has 44 heavy (non-hydrogen) atoms. The summed E-state index contributed by atoms with van der Waals surface area (Å²) in [6, 6.07) is 16.9. The Morgan fingerprint density at radius 1 is 1.05 bits per heavy atom. The van der Waals surface area contributed by atoms with E-state index in [1.807, 2.05) is 89.5 Å². The summed E-state index contributed by atoms with van der Waals surface area (Å²) in [5, 5.41) is 3.32. The van der Waals surface area contributed by atoms with Gasteiger partial charge in [0.1, 0.15) is 17.5 Å². The molecule has 10 heteroatoms. The van der Waals surface area contributed by atoms with Crippen LogP contribution in [0.25, 0.3) is 22.5 Å². The van der Waals surface area contributed by atoms with Gasteiger partial charge >= 0.3 is 0 Å². The minimum Gasteiger partial charge on any atom is -0.344 e. The van der Waals surface area contributed by atoms with Crippen LogP contribution < -0.4 is 10.9 Å². The zero-order valence-electron chi connectivity index (χ0n) is 25.9. The number of rotatable bonds is 7. The number of piperazine rings is 1. The third kappa shape index (κ3) is 6.16. The number of amidine groups is 1. The van der Waals surface area contributed by atoms with E-state index in [0.717, 1.165) is 40.0 Å². The van der Waals surface area contributed by atoms with Gasteiger partial charge in [-0.05, 0) is 74.3 Å². The first-order chi connectivity index (χ1) is 21.1. The number of anilines is 1. The molecule has 226 valence electrons. The summed E-state index contributed by atoms with van der Waals surface area (Å²) >= 11 is 0. The summed E-state index contributed by atoms with van der Waals surface area (Å²) in [4.78, 5) is 52.4. The maximum absolute atomic E-state index is 13.4. The summed E-state index contributed by atoms with van der Waals surface area (Å²) in [7, 11) is 5.44. The van der Waals surface area contributed by atoms with E-state index in [-0.39, 0.29) is 17.5 Å². The minimum absolute atomic E-state index is 0.0844. The van der Waals surface area contributed by atoms with Crippen molar-refractivity contribution in [3.63, 3.8) is 0 Å². The molecule has 5 rings (SSSR count). The van der Waals surface area contributed by atoms with Crippen LogP contribution in [0, 0.1) is 13.8 Å². The van der Waals surface area contributed by atoms with Gasteiger partial charge in [0.25, 0.3) is 5.56 Å². The fraction of sp³-hybridized carbons (Fsp3) is 0.265. The third-order valence-electron chi connectivity index (χ3n) is 7.94. The molecule has 1 unspecified atom stereocenters. The molecule has 1 atom stereocenters. The van der Waals surface area contributed by atoms with Crippen LogP contribution >= 0.6 is 0 Å². The summed E-state index contributed by atoms with van der Waals surface area (Å²) in [5.41, 5.74) is 6.54. The predicted octanol–water partition coefficient (Wildman–Crippen LogP) is 4.34. The fourth-order valence-electron chi connectivity index (χ4n) is 5.46. The number of hydrogen-bond acceptors (Lipinski definition) is 6. The van der Waals surface area contributed by atoms with E-state index in [4.69, 9.17) is 4.99 Å². The van der Waals surface area contributed by atoms with Gasteiger partial charge in [0.05, 0.1) is 11.3 Å². The number of nitrogens with one attached hydrogen (secondary N) is 1. The lowest BCUT2D eigenvalue weighted by Crippen LogP contribution is -2.48. The van der Waals surface area contributed by atoms with Crippen LogP contribution in [-0.2, 0) is 9.59 Å². The Morgan fingerprint density at radius 2 is 1.80 bits per heavy atom. The van der Waals surface area contributed by atoms with Crippen molar-refractivity contribution in [3.05, 3.63) is 106 Å². The summed E-state index contributed by atoms with van der Waals surface area (Å²) < 4.78 is 1.54. The van der Waals surface area contributed by atoms with E-state index in [2.05, 4.69) is 15.2 Å². The molecule has 0 bridgehead atoms. The van der Waals surface area contributed by atoms with E-state index < -0.39 is 0 Å². The highest BCUT2D eigenvalue weighted by Gasteiger charge is 2.31. The Balaban J connectivity index is 1.46. The number of pyridine rings is 1. The summed E-state index contributed by atoms with van der Waals surface area (Å²) in [5.74, 6) is 0.683. The summed E-state index contributed by atoms with van der Waals surface area (Å²) in [6.45, 7) is 7.27. The topological polar surface area (TPSA) is 103 Å². The molecular weight excluding hydrogens is 554 g/mol. The largest absolute Gasteiger partial charge is 0.344 e. The first-order valence-corrected chi connectivity index (χ1v) is 14.4. The molecular formula is C34H37N7O3. The van der Waals surface area contributed by atoms with E-state index in [9.17, 15) is 14.4 Å². The molecule has 1 aliphatic heterocycles. The fourth-order valence-corrected chi connectivity index (χ4v) is 5.46. The first kappa shape index (κ1) is 30.4.